The van der Waals surface area contributed by atoms with Crippen LogP contribution in [0.4, 0.5) is 5.69 Å². The Labute approximate surface area is 183 Å². The summed E-state index contributed by atoms with van der Waals surface area (Å²) in [4.78, 5) is 11.8. The van der Waals surface area contributed by atoms with Crippen molar-refractivity contribution in [2.75, 3.05) is 12.0 Å². The van der Waals surface area contributed by atoms with Crippen LogP contribution in [0, 0.1) is 0 Å². The first kappa shape index (κ1) is 21.7. The van der Waals surface area contributed by atoms with Crippen LogP contribution in [0.1, 0.15) is 18.1 Å². The largest absolute Gasteiger partial charge is 0.490 e. The van der Waals surface area contributed by atoms with Gasteiger partial charge < -0.3 is 9.47 Å². The Balaban J connectivity index is 1.71. The molecule has 3 aromatic rings. The van der Waals surface area contributed by atoms with Crippen molar-refractivity contribution in [3.8, 4) is 11.5 Å². The molecule has 0 aliphatic carbocycles. The average molecular weight is 447 g/mol. The number of anilines is 1. The van der Waals surface area contributed by atoms with E-state index in [4.69, 9.17) is 32.7 Å². The number of benzene rings is 2. The zero-order valence-corrected chi connectivity index (χ0v) is 17.9. The van der Waals surface area contributed by atoms with Gasteiger partial charge in [-0.05, 0) is 48.4 Å². The maximum atomic E-state index is 11.8. The molecule has 0 fully saturated rings. The Hall–Kier alpha value is -3.03. The highest BCUT2D eigenvalue weighted by atomic mass is 35.5. The summed E-state index contributed by atoms with van der Waals surface area (Å²) >= 11 is 12.0. The lowest BCUT2D eigenvalue weighted by Crippen LogP contribution is -2.20. The fourth-order valence-electron chi connectivity index (χ4n) is 2.55. The summed E-state index contributed by atoms with van der Waals surface area (Å²) < 4.78 is 12.7. The van der Waals surface area contributed by atoms with Crippen LogP contribution in [0.25, 0.3) is 0 Å². The van der Waals surface area contributed by atoms with Crippen molar-refractivity contribution in [1.82, 2.24) is 9.78 Å². The second-order valence-electron chi connectivity index (χ2n) is 6.23. The summed E-state index contributed by atoms with van der Waals surface area (Å²) in [6.07, 6.45) is 3.01. The van der Waals surface area contributed by atoms with Crippen LogP contribution in [0.5, 0.6) is 11.5 Å². The van der Waals surface area contributed by atoms with Crippen LogP contribution in [0.15, 0.2) is 58.6 Å². The molecule has 2 aromatic carbocycles. The predicted molar refractivity (Wildman–Crippen MR) is 119 cm³/mol. The van der Waals surface area contributed by atoms with Gasteiger partial charge in [0.05, 0.1) is 19.0 Å². The smallest absolute Gasteiger partial charge is 0.287 e. The molecule has 1 N–H and O–H groups in total. The van der Waals surface area contributed by atoms with Crippen LogP contribution in [0.3, 0.4) is 0 Å². The molecule has 1 aromatic heterocycles. The molecule has 0 spiro atoms. The minimum absolute atomic E-state index is 0.0180. The Morgan fingerprint density at radius 3 is 2.77 bits per heavy atom. The number of hydrogen-bond acceptors (Lipinski definition) is 6. The zero-order valence-electron chi connectivity index (χ0n) is 16.4. The van der Waals surface area contributed by atoms with Crippen molar-refractivity contribution in [2.45, 2.75) is 13.5 Å². The molecule has 0 atom stereocenters. The molecule has 0 saturated carbocycles. The van der Waals surface area contributed by atoms with Gasteiger partial charge in [0.15, 0.2) is 11.5 Å². The van der Waals surface area contributed by atoms with E-state index in [9.17, 15) is 4.79 Å². The predicted octanol–water partition coefficient (Wildman–Crippen LogP) is 4.51. The first-order valence-electron chi connectivity index (χ1n) is 9.13. The Morgan fingerprint density at radius 2 is 2.00 bits per heavy atom. The van der Waals surface area contributed by atoms with E-state index in [0.29, 0.717) is 35.4 Å². The number of rotatable bonds is 8. The zero-order chi connectivity index (χ0) is 21.5. The fourth-order valence-corrected chi connectivity index (χ4v) is 2.97. The summed E-state index contributed by atoms with van der Waals surface area (Å²) in [5.74, 6) is 1.21. The maximum Gasteiger partial charge on any atom is 0.287 e. The van der Waals surface area contributed by atoms with Crippen LogP contribution < -0.4 is 20.5 Å². The van der Waals surface area contributed by atoms with Crippen LogP contribution >= 0.6 is 23.2 Å². The molecule has 7 nitrogen and oxygen atoms in total. The molecule has 1 heterocycles. The van der Waals surface area contributed by atoms with E-state index in [1.165, 1.54) is 13.2 Å². The second kappa shape index (κ2) is 10.1. The van der Waals surface area contributed by atoms with E-state index in [1.54, 1.807) is 6.21 Å². The second-order valence-corrected chi connectivity index (χ2v) is 7.04. The standard InChI is InChI=1S/C21H20Cl2N4O3/c1-3-29-19-10-14(11-24-26-17-12-25-27(2)21(28)20(17)23)7-8-18(19)30-13-15-5-4-6-16(22)9-15/h4-12,26H,3,13H2,1-2H3/b24-11-. The number of nitrogens with zero attached hydrogens (tertiary/aromatic N) is 3. The fraction of sp³-hybridized carbons (Fsp3) is 0.190. The molecule has 0 saturated heterocycles. The van der Waals surface area contributed by atoms with E-state index >= 15 is 0 Å². The monoisotopic (exact) mass is 446 g/mol. The van der Waals surface area contributed by atoms with Gasteiger partial charge >= 0.3 is 0 Å². The van der Waals surface area contributed by atoms with Gasteiger partial charge in [0.25, 0.3) is 5.56 Å². The Bertz CT molecular complexity index is 1120. The molecule has 156 valence electrons. The van der Waals surface area contributed by atoms with Crippen molar-refractivity contribution in [1.29, 1.82) is 0 Å². The van der Waals surface area contributed by atoms with Gasteiger partial charge in [-0.1, -0.05) is 35.3 Å². The van der Waals surface area contributed by atoms with Crippen LogP contribution in [0.2, 0.25) is 10.0 Å². The normalized spacial score (nSPS) is 10.9. The summed E-state index contributed by atoms with van der Waals surface area (Å²) in [6, 6.07) is 12.9. The average Bonchev–Trinajstić information content (AvgIpc) is 2.73. The lowest BCUT2D eigenvalue weighted by atomic mass is 10.2. The van der Waals surface area contributed by atoms with Gasteiger partial charge in [-0.2, -0.15) is 10.2 Å². The van der Waals surface area contributed by atoms with Gasteiger partial charge in [0.1, 0.15) is 17.3 Å². The third kappa shape index (κ3) is 5.52. The third-order valence-electron chi connectivity index (χ3n) is 4.03. The first-order valence-corrected chi connectivity index (χ1v) is 9.88. The highest BCUT2D eigenvalue weighted by Gasteiger charge is 2.08. The van der Waals surface area contributed by atoms with E-state index in [0.717, 1.165) is 15.8 Å². The third-order valence-corrected chi connectivity index (χ3v) is 4.63. The molecule has 0 radical (unpaired) electrons. The molecule has 0 bridgehead atoms. The van der Waals surface area contributed by atoms with Crippen molar-refractivity contribution >= 4 is 35.1 Å². The highest BCUT2D eigenvalue weighted by Crippen LogP contribution is 2.29. The molecule has 0 amide bonds. The number of hydrazone groups is 1. The number of halogens is 2. The number of ether oxygens (including phenoxy) is 2. The van der Waals surface area contributed by atoms with Crippen molar-refractivity contribution in [2.24, 2.45) is 12.1 Å². The first-order chi connectivity index (χ1) is 14.5. The van der Waals surface area contributed by atoms with Crippen molar-refractivity contribution in [3.05, 3.63) is 80.2 Å². The highest BCUT2D eigenvalue weighted by molar-refractivity contribution is 6.33. The van der Waals surface area contributed by atoms with Gasteiger partial charge in [-0.3, -0.25) is 10.2 Å². The number of aromatic nitrogens is 2. The van der Waals surface area contributed by atoms with E-state index in [2.05, 4.69) is 15.6 Å². The number of hydrogen-bond donors (Lipinski definition) is 1. The van der Waals surface area contributed by atoms with Gasteiger partial charge in [0.2, 0.25) is 0 Å². The Morgan fingerprint density at radius 1 is 1.17 bits per heavy atom. The maximum absolute atomic E-state index is 11.8. The molecule has 0 aliphatic rings. The summed E-state index contributed by atoms with van der Waals surface area (Å²) in [7, 11) is 1.52. The van der Waals surface area contributed by atoms with E-state index < -0.39 is 5.56 Å². The van der Waals surface area contributed by atoms with Crippen molar-refractivity contribution in [3.63, 3.8) is 0 Å². The molecule has 30 heavy (non-hydrogen) atoms. The van der Waals surface area contributed by atoms with Gasteiger partial charge in [-0.15, -0.1) is 0 Å². The van der Waals surface area contributed by atoms with Gasteiger partial charge in [0, 0.05) is 12.1 Å². The SMILES string of the molecule is CCOc1cc(/C=N\Nc2cnn(C)c(=O)c2Cl)ccc1OCc1cccc(Cl)c1. The van der Waals surface area contributed by atoms with E-state index in [-0.39, 0.29) is 5.02 Å². The molecule has 3 rings (SSSR count). The van der Waals surface area contributed by atoms with Crippen LogP contribution in [-0.2, 0) is 13.7 Å². The molecular weight excluding hydrogens is 427 g/mol. The molecule has 0 unspecified atom stereocenters. The van der Waals surface area contributed by atoms with Crippen molar-refractivity contribution < 1.29 is 9.47 Å². The summed E-state index contributed by atoms with van der Waals surface area (Å²) in [5.41, 5.74) is 4.37. The molecule has 0 aliphatic heterocycles. The number of aryl methyl sites for hydroxylation is 1. The summed E-state index contributed by atoms with van der Waals surface area (Å²) in [5, 5.41) is 8.70. The molecular formula is C21H20Cl2N4O3. The topological polar surface area (TPSA) is 77.7 Å². The summed E-state index contributed by atoms with van der Waals surface area (Å²) in [6.45, 7) is 2.75. The minimum atomic E-state index is -0.406. The lowest BCUT2D eigenvalue weighted by molar-refractivity contribution is 0.269. The number of nitrogens with one attached hydrogen (secondary N) is 1. The Kier molecular flexibility index (Phi) is 7.32. The minimum Gasteiger partial charge on any atom is -0.490 e. The molecule has 9 heteroatoms. The quantitative estimate of drug-likeness (QED) is 0.406. The van der Waals surface area contributed by atoms with Crippen LogP contribution in [-0.4, -0.2) is 22.6 Å². The lowest BCUT2D eigenvalue weighted by Gasteiger charge is -2.13. The van der Waals surface area contributed by atoms with Gasteiger partial charge in [-0.25, -0.2) is 4.68 Å². The van der Waals surface area contributed by atoms with E-state index in [1.807, 2.05) is 49.4 Å².